The van der Waals surface area contributed by atoms with E-state index in [-0.39, 0.29) is 18.3 Å². The fraction of sp³-hybridized carbons (Fsp3) is 0.733. The first kappa shape index (κ1) is 16.5. The second-order valence-electron chi connectivity index (χ2n) is 5.74. The van der Waals surface area contributed by atoms with Crippen LogP contribution in [-0.2, 0) is 28.7 Å². The molecule has 3 fully saturated rings. The number of nitrogens with zero attached hydrogens (tertiary/aromatic N) is 1. The lowest BCUT2D eigenvalue weighted by Gasteiger charge is -2.45. The highest BCUT2D eigenvalue weighted by Crippen LogP contribution is 2.33. The van der Waals surface area contributed by atoms with Gasteiger partial charge in [0.25, 0.3) is 0 Å². The number of hydrogen-bond acceptors (Lipinski definition) is 6. The van der Waals surface area contributed by atoms with Crippen molar-refractivity contribution in [3.05, 3.63) is 0 Å². The van der Waals surface area contributed by atoms with Crippen molar-refractivity contribution in [3.63, 3.8) is 0 Å². The van der Waals surface area contributed by atoms with Gasteiger partial charge in [0.1, 0.15) is 12.0 Å². The summed E-state index contributed by atoms with van der Waals surface area (Å²) in [4.78, 5) is 48.3. The third-order valence-electron chi connectivity index (χ3n) is 3.98. The average molecular weight is 311 g/mol. The van der Waals surface area contributed by atoms with Crippen molar-refractivity contribution in [2.45, 2.75) is 64.7 Å². The van der Waals surface area contributed by atoms with E-state index in [4.69, 9.17) is 9.47 Å². The van der Waals surface area contributed by atoms with Gasteiger partial charge < -0.3 is 9.47 Å². The Kier molecular flexibility index (Phi) is 5.15. The monoisotopic (exact) mass is 311 g/mol. The van der Waals surface area contributed by atoms with Gasteiger partial charge in [-0.2, -0.15) is 0 Å². The molecule has 0 radical (unpaired) electrons. The molecule has 0 N–H and O–H groups in total. The van der Waals surface area contributed by atoms with Crippen LogP contribution in [0.2, 0.25) is 0 Å². The highest BCUT2D eigenvalue weighted by molar-refractivity contribution is 6.02. The molecule has 0 aromatic rings. The first-order valence-electron chi connectivity index (χ1n) is 7.64. The predicted molar refractivity (Wildman–Crippen MR) is 74.2 cm³/mol. The van der Waals surface area contributed by atoms with Crippen LogP contribution in [0.5, 0.6) is 0 Å². The molecule has 2 amide bonds. The number of ether oxygens (including phenoxy) is 2. The maximum absolute atomic E-state index is 12.2. The first-order chi connectivity index (χ1) is 10.4. The Morgan fingerprint density at radius 1 is 1.14 bits per heavy atom. The number of hydrogen-bond donors (Lipinski definition) is 0. The van der Waals surface area contributed by atoms with Gasteiger partial charge in [-0.25, -0.2) is 4.90 Å². The topological polar surface area (TPSA) is 90.0 Å². The molecule has 0 unspecified atom stereocenters. The summed E-state index contributed by atoms with van der Waals surface area (Å²) in [6, 6.07) is 0. The van der Waals surface area contributed by atoms with Crippen molar-refractivity contribution >= 4 is 23.8 Å². The summed E-state index contributed by atoms with van der Waals surface area (Å²) < 4.78 is 10.3. The molecule has 7 nitrogen and oxygen atoms in total. The number of β-lactam (4-membered cyclic amide) rings is 1. The fourth-order valence-corrected chi connectivity index (χ4v) is 2.84. The van der Waals surface area contributed by atoms with E-state index in [0.717, 1.165) is 17.7 Å². The molecule has 0 spiro atoms. The molecule has 3 heterocycles. The molecule has 7 heteroatoms. The minimum atomic E-state index is -0.971. The van der Waals surface area contributed by atoms with E-state index in [2.05, 4.69) is 0 Å². The van der Waals surface area contributed by atoms with Crippen LogP contribution in [0.1, 0.15) is 52.4 Å². The third kappa shape index (κ3) is 3.45. The lowest BCUT2D eigenvalue weighted by Crippen LogP contribution is -2.67. The molecule has 0 saturated carbocycles. The number of esters is 2. The van der Waals surface area contributed by atoms with Crippen molar-refractivity contribution < 1.29 is 28.7 Å². The molecule has 3 aliphatic rings. The number of imide groups is 1. The summed E-state index contributed by atoms with van der Waals surface area (Å²) in [5.74, 6) is -2.55. The van der Waals surface area contributed by atoms with Gasteiger partial charge in [0.05, 0.1) is 0 Å². The summed E-state index contributed by atoms with van der Waals surface area (Å²) in [6.07, 6.45) is 1.82. The van der Waals surface area contributed by atoms with Crippen molar-refractivity contribution in [2.75, 3.05) is 0 Å². The molecule has 3 aliphatic heterocycles. The minimum absolute atomic E-state index is 0.236. The van der Waals surface area contributed by atoms with Gasteiger partial charge >= 0.3 is 11.9 Å². The summed E-state index contributed by atoms with van der Waals surface area (Å²) in [7, 11) is 0. The van der Waals surface area contributed by atoms with Crippen LogP contribution in [0.25, 0.3) is 0 Å². The van der Waals surface area contributed by atoms with Crippen molar-refractivity contribution in [1.29, 1.82) is 0 Å². The summed E-state index contributed by atoms with van der Waals surface area (Å²) in [6.45, 7) is 2.80. The Balaban J connectivity index is 2.18. The van der Waals surface area contributed by atoms with E-state index in [9.17, 15) is 19.2 Å². The lowest BCUT2D eigenvalue weighted by atomic mass is 9.89. The zero-order chi connectivity index (χ0) is 16.3. The summed E-state index contributed by atoms with van der Waals surface area (Å²) >= 11 is 0. The van der Waals surface area contributed by atoms with Gasteiger partial charge in [0.2, 0.25) is 11.8 Å². The number of carbonyl (C=O) groups is 4. The quantitative estimate of drug-likeness (QED) is 0.410. The van der Waals surface area contributed by atoms with Crippen LogP contribution in [0.3, 0.4) is 0 Å². The van der Waals surface area contributed by atoms with Crippen LogP contribution in [0.15, 0.2) is 0 Å². The van der Waals surface area contributed by atoms with Gasteiger partial charge in [-0.15, -0.1) is 0 Å². The summed E-state index contributed by atoms with van der Waals surface area (Å²) in [5.41, 5.74) is 0. The maximum atomic E-state index is 12.2. The molecular formula is C15H21NO6. The van der Waals surface area contributed by atoms with Gasteiger partial charge in [-0.1, -0.05) is 12.8 Å². The van der Waals surface area contributed by atoms with Crippen molar-refractivity contribution in [2.24, 2.45) is 5.92 Å². The van der Waals surface area contributed by atoms with E-state index >= 15 is 0 Å². The average Bonchev–Trinajstić information content (AvgIpc) is 2.42. The van der Waals surface area contributed by atoms with Crippen LogP contribution in [0.4, 0.5) is 0 Å². The molecule has 0 aromatic carbocycles. The maximum Gasteiger partial charge on any atom is 0.306 e. The van der Waals surface area contributed by atoms with Crippen LogP contribution < -0.4 is 0 Å². The molecule has 122 valence electrons. The van der Waals surface area contributed by atoms with Crippen LogP contribution in [0, 0.1) is 5.92 Å². The molecular weight excluding hydrogens is 290 g/mol. The van der Waals surface area contributed by atoms with Crippen LogP contribution >= 0.6 is 0 Å². The molecule has 0 aliphatic carbocycles. The second kappa shape index (κ2) is 6.89. The molecule has 22 heavy (non-hydrogen) atoms. The van der Waals surface area contributed by atoms with Gasteiger partial charge in [-0.3, -0.25) is 19.2 Å². The van der Waals surface area contributed by atoms with E-state index in [1.807, 2.05) is 0 Å². The number of carbonyl (C=O) groups excluding carboxylic acids is 4. The van der Waals surface area contributed by atoms with Crippen LogP contribution in [-0.4, -0.2) is 41.0 Å². The summed E-state index contributed by atoms with van der Waals surface area (Å²) in [5, 5.41) is 0. The van der Waals surface area contributed by atoms with E-state index < -0.39 is 30.1 Å². The van der Waals surface area contributed by atoms with Gasteiger partial charge in [0, 0.05) is 19.8 Å². The number of fused-ring (bicyclic) bond motifs is 9. The number of amides is 2. The fourth-order valence-electron chi connectivity index (χ4n) is 2.84. The highest BCUT2D eigenvalue weighted by Gasteiger charge is 2.56. The lowest BCUT2D eigenvalue weighted by molar-refractivity contribution is -0.210. The molecule has 3 rings (SSSR count). The molecule has 0 aromatic heterocycles. The molecule has 3 atom stereocenters. The van der Waals surface area contributed by atoms with Gasteiger partial charge in [-0.05, 0) is 19.8 Å². The largest absolute Gasteiger partial charge is 0.462 e. The van der Waals surface area contributed by atoms with E-state index in [1.54, 1.807) is 6.92 Å². The van der Waals surface area contributed by atoms with Gasteiger partial charge in [0.15, 0.2) is 6.23 Å². The standard InChI is InChI=1S/C15H21NO6/c1-9-13-14(20)16(15(13)22-10(2)17)11(18)7-5-3-4-6-8-12(19)21-9/h9,13,15H,3-8H2,1-2H3/t9-,13+,15-/m1/s1. The smallest absolute Gasteiger partial charge is 0.306 e. The Labute approximate surface area is 128 Å². The second-order valence-corrected chi connectivity index (χ2v) is 5.74. The first-order valence-corrected chi connectivity index (χ1v) is 7.64. The minimum Gasteiger partial charge on any atom is -0.462 e. The Hall–Kier alpha value is -1.92. The Morgan fingerprint density at radius 2 is 1.77 bits per heavy atom. The molecule has 3 saturated heterocycles. The normalized spacial score (nSPS) is 30.4. The zero-order valence-electron chi connectivity index (χ0n) is 12.9. The highest BCUT2D eigenvalue weighted by atomic mass is 16.6. The van der Waals surface area contributed by atoms with E-state index in [1.165, 1.54) is 6.92 Å². The molecule has 2 bridgehead atoms. The predicted octanol–water partition coefficient (Wildman–Crippen LogP) is 1.15. The van der Waals surface area contributed by atoms with Crippen molar-refractivity contribution in [3.8, 4) is 0 Å². The Morgan fingerprint density at radius 3 is 2.41 bits per heavy atom. The number of rotatable bonds is 1. The zero-order valence-corrected chi connectivity index (χ0v) is 12.9. The van der Waals surface area contributed by atoms with Crippen molar-refractivity contribution in [1.82, 2.24) is 4.90 Å². The Bertz CT molecular complexity index is 488. The SMILES string of the molecule is CC(=O)O[C@@H]1[C@@H]2C(=O)N1C(=O)CCCCCCC(=O)O[C@@H]2C. The van der Waals surface area contributed by atoms with E-state index in [0.29, 0.717) is 19.3 Å². The third-order valence-corrected chi connectivity index (χ3v) is 3.98.